The van der Waals surface area contributed by atoms with Crippen LogP contribution < -0.4 is 5.32 Å². The largest absolute Gasteiger partial charge is 0.467 e. The van der Waals surface area contributed by atoms with E-state index in [0.717, 1.165) is 5.56 Å². The molecule has 0 saturated heterocycles. The van der Waals surface area contributed by atoms with Gasteiger partial charge in [-0.05, 0) is 46.5 Å². The minimum Gasteiger partial charge on any atom is -0.467 e. The Bertz CT molecular complexity index is 486. The monoisotopic (exact) mass is 327 g/mol. The second-order valence-corrected chi connectivity index (χ2v) is 5.56. The molecule has 4 nitrogen and oxygen atoms in total. The fourth-order valence-corrected chi connectivity index (χ4v) is 2.32. The van der Waals surface area contributed by atoms with Crippen LogP contribution in [0, 0.1) is 12.8 Å². The van der Waals surface area contributed by atoms with Crippen molar-refractivity contribution < 1.29 is 14.3 Å². The molecular formula is C14H18BrNO3. The molecule has 1 aromatic rings. The van der Waals surface area contributed by atoms with E-state index in [1.54, 1.807) is 6.07 Å². The standard InChI is InChI=1S/C14H18BrNO3/c1-8(2)12(14(18)19-4)16-13(17)10-6-5-9(3)7-11(10)15/h5-8,12H,1-4H3,(H,16,17). The quantitative estimate of drug-likeness (QED) is 0.865. The highest BCUT2D eigenvalue weighted by Crippen LogP contribution is 2.18. The van der Waals surface area contributed by atoms with Crippen LogP contribution in [0.5, 0.6) is 0 Å². The first-order chi connectivity index (χ1) is 8.86. The number of carbonyl (C=O) groups excluding carboxylic acids is 2. The number of hydrogen-bond donors (Lipinski definition) is 1. The SMILES string of the molecule is COC(=O)C(NC(=O)c1ccc(C)cc1Br)C(C)C. The van der Waals surface area contributed by atoms with E-state index in [1.807, 2.05) is 32.9 Å². The van der Waals surface area contributed by atoms with Gasteiger partial charge in [0, 0.05) is 4.47 Å². The lowest BCUT2D eigenvalue weighted by atomic mass is 10.0. The van der Waals surface area contributed by atoms with Gasteiger partial charge in [-0.2, -0.15) is 0 Å². The van der Waals surface area contributed by atoms with Crippen LogP contribution in [-0.4, -0.2) is 25.0 Å². The molecule has 19 heavy (non-hydrogen) atoms. The van der Waals surface area contributed by atoms with Crippen LogP contribution in [0.25, 0.3) is 0 Å². The van der Waals surface area contributed by atoms with Gasteiger partial charge in [-0.3, -0.25) is 4.79 Å². The van der Waals surface area contributed by atoms with Crippen molar-refractivity contribution in [2.45, 2.75) is 26.8 Å². The lowest BCUT2D eigenvalue weighted by Crippen LogP contribution is -2.45. The molecule has 0 aliphatic carbocycles. The number of benzene rings is 1. The molecule has 0 bridgehead atoms. The molecule has 0 saturated carbocycles. The number of aryl methyl sites for hydroxylation is 1. The first-order valence-corrected chi connectivity index (χ1v) is 6.81. The van der Waals surface area contributed by atoms with Crippen molar-refractivity contribution in [1.29, 1.82) is 0 Å². The number of esters is 1. The first kappa shape index (κ1) is 15.7. The highest BCUT2D eigenvalue weighted by Gasteiger charge is 2.25. The second-order valence-electron chi connectivity index (χ2n) is 4.70. The van der Waals surface area contributed by atoms with Crippen molar-refractivity contribution in [1.82, 2.24) is 5.32 Å². The number of carbonyl (C=O) groups is 2. The highest BCUT2D eigenvalue weighted by atomic mass is 79.9. The summed E-state index contributed by atoms with van der Waals surface area (Å²) in [4.78, 5) is 23.8. The van der Waals surface area contributed by atoms with Crippen molar-refractivity contribution >= 4 is 27.8 Å². The van der Waals surface area contributed by atoms with Gasteiger partial charge in [0.15, 0.2) is 0 Å². The third-order valence-corrected chi connectivity index (χ3v) is 3.43. The number of ether oxygens (including phenoxy) is 1. The predicted octanol–water partition coefficient (Wildman–Crippen LogP) is 2.68. The summed E-state index contributed by atoms with van der Waals surface area (Å²) in [7, 11) is 1.31. The average Bonchev–Trinajstić information content (AvgIpc) is 2.34. The Labute approximate surface area is 121 Å². The van der Waals surface area contributed by atoms with Crippen LogP contribution in [0.2, 0.25) is 0 Å². The van der Waals surface area contributed by atoms with E-state index < -0.39 is 12.0 Å². The van der Waals surface area contributed by atoms with Crippen molar-refractivity contribution in [2.75, 3.05) is 7.11 Å². The zero-order valence-corrected chi connectivity index (χ0v) is 13.1. The molecule has 1 N–H and O–H groups in total. The maximum atomic E-state index is 12.2. The lowest BCUT2D eigenvalue weighted by molar-refractivity contribution is -0.144. The predicted molar refractivity (Wildman–Crippen MR) is 77.0 cm³/mol. The zero-order chi connectivity index (χ0) is 14.6. The van der Waals surface area contributed by atoms with E-state index in [2.05, 4.69) is 21.2 Å². The van der Waals surface area contributed by atoms with Gasteiger partial charge in [0.05, 0.1) is 12.7 Å². The number of halogens is 1. The molecule has 104 valence electrons. The molecule has 1 unspecified atom stereocenters. The molecule has 1 rings (SSSR count). The molecule has 1 amide bonds. The minimum atomic E-state index is -0.647. The maximum absolute atomic E-state index is 12.2. The number of hydrogen-bond acceptors (Lipinski definition) is 3. The van der Waals surface area contributed by atoms with Gasteiger partial charge in [-0.25, -0.2) is 4.79 Å². The summed E-state index contributed by atoms with van der Waals surface area (Å²) in [6.07, 6.45) is 0. The average molecular weight is 328 g/mol. The third kappa shape index (κ3) is 4.06. The van der Waals surface area contributed by atoms with E-state index in [9.17, 15) is 9.59 Å². The topological polar surface area (TPSA) is 55.4 Å². The number of rotatable bonds is 4. The lowest BCUT2D eigenvalue weighted by Gasteiger charge is -2.20. The molecule has 0 aliphatic heterocycles. The molecule has 0 heterocycles. The Hall–Kier alpha value is -1.36. The molecule has 0 fully saturated rings. The number of methoxy groups -OCH3 is 1. The summed E-state index contributed by atoms with van der Waals surface area (Å²) >= 11 is 3.35. The van der Waals surface area contributed by atoms with Gasteiger partial charge in [0.1, 0.15) is 6.04 Å². The van der Waals surface area contributed by atoms with Crippen molar-refractivity contribution in [3.8, 4) is 0 Å². The maximum Gasteiger partial charge on any atom is 0.328 e. The molecule has 0 aromatic heterocycles. The Balaban J connectivity index is 2.91. The second kappa shape index (κ2) is 6.70. The van der Waals surface area contributed by atoms with E-state index in [-0.39, 0.29) is 11.8 Å². The Morgan fingerprint density at radius 1 is 1.32 bits per heavy atom. The van der Waals surface area contributed by atoms with Crippen LogP contribution in [0.15, 0.2) is 22.7 Å². The fraction of sp³-hybridized carbons (Fsp3) is 0.429. The third-order valence-electron chi connectivity index (χ3n) is 2.78. The fourth-order valence-electron chi connectivity index (χ4n) is 1.65. The summed E-state index contributed by atoms with van der Waals surface area (Å²) in [6, 6.07) is 4.79. The van der Waals surface area contributed by atoms with Gasteiger partial charge in [0.25, 0.3) is 5.91 Å². The van der Waals surface area contributed by atoms with E-state index in [4.69, 9.17) is 4.74 Å². The highest BCUT2D eigenvalue weighted by molar-refractivity contribution is 9.10. The van der Waals surface area contributed by atoms with Crippen LogP contribution in [0.4, 0.5) is 0 Å². The number of amides is 1. The Kier molecular flexibility index (Phi) is 5.54. The summed E-state index contributed by atoms with van der Waals surface area (Å²) in [5.74, 6) is -0.775. The van der Waals surface area contributed by atoms with Gasteiger partial charge >= 0.3 is 5.97 Å². The van der Waals surface area contributed by atoms with Gasteiger partial charge < -0.3 is 10.1 Å². The zero-order valence-electron chi connectivity index (χ0n) is 11.5. The molecule has 0 radical (unpaired) electrons. The van der Waals surface area contributed by atoms with Crippen LogP contribution in [0.1, 0.15) is 29.8 Å². The molecule has 5 heteroatoms. The smallest absolute Gasteiger partial charge is 0.328 e. The van der Waals surface area contributed by atoms with Crippen LogP contribution in [0.3, 0.4) is 0 Å². The van der Waals surface area contributed by atoms with Crippen LogP contribution in [-0.2, 0) is 9.53 Å². The van der Waals surface area contributed by atoms with Crippen molar-refractivity contribution in [3.05, 3.63) is 33.8 Å². The minimum absolute atomic E-state index is 0.0411. The van der Waals surface area contributed by atoms with Crippen molar-refractivity contribution in [3.63, 3.8) is 0 Å². The van der Waals surface area contributed by atoms with Crippen LogP contribution >= 0.6 is 15.9 Å². The van der Waals surface area contributed by atoms with Crippen molar-refractivity contribution in [2.24, 2.45) is 5.92 Å². The molecule has 1 aromatic carbocycles. The molecule has 1 atom stereocenters. The normalized spacial score (nSPS) is 12.1. The summed E-state index contributed by atoms with van der Waals surface area (Å²) < 4.78 is 5.40. The van der Waals surface area contributed by atoms with E-state index in [1.165, 1.54) is 7.11 Å². The van der Waals surface area contributed by atoms with E-state index in [0.29, 0.717) is 10.0 Å². The molecular weight excluding hydrogens is 310 g/mol. The van der Waals surface area contributed by atoms with E-state index >= 15 is 0 Å². The van der Waals surface area contributed by atoms with Gasteiger partial charge in [0.2, 0.25) is 0 Å². The first-order valence-electron chi connectivity index (χ1n) is 6.01. The summed E-state index contributed by atoms with van der Waals surface area (Å²) in [5, 5.41) is 2.70. The van der Waals surface area contributed by atoms with Gasteiger partial charge in [-0.1, -0.05) is 19.9 Å². The Morgan fingerprint density at radius 3 is 2.42 bits per heavy atom. The summed E-state index contributed by atoms with van der Waals surface area (Å²) in [5.41, 5.74) is 1.55. The molecule has 0 spiro atoms. The number of nitrogens with one attached hydrogen (secondary N) is 1. The Morgan fingerprint density at radius 2 is 1.95 bits per heavy atom. The van der Waals surface area contributed by atoms with Gasteiger partial charge in [-0.15, -0.1) is 0 Å². The molecule has 0 aliphatic rings. The summed E-state index contributed by atoms with van der Waals surface area (Å²) in [6.45, 7) is 5.65.